The van der Waals surface area contributed by atoms with Gasteiger partial charge in [-0.1, -0.05) is 17.8 Å². The van der Waals surface area contributed by atoms with E-state index in [0.29, 0.717) is 17.0 Å². The van der Waals surface area contributed by atoms with Gasteiger partial charge in [0.05, 0.1) is 22.7 Å². The number of ether oxygens (including phenoxy) is 1. The van der Waals surface area contributed by atoms with Crippen molar-refractivity contribution in [2.24, 2.45) is 0 Å². The third-order valence-electron chi connectivity index (χ3n) is 3.95. The van der Waals surface area contributed by atoms with E-state index in [1.54, 1.807) is 24.4 Å². The van der Waals surface area contributed by atoms with Gasteiger partial charge in [-0.25, -0.2) is 4.98 Å². The summed E-state index contributed by atoms with van der Waals surface area (Å²) in [6.07, 6.45) is 3.71. The average Bonchev–Trinajstić information content (AvgIpc) is 3.03. The smallest absolute Gasteiger partial charge is 0.262 e. The molecular weight excluding hydrogens is 338 g/mol. The van der Waals surface area contributed by atoms with Gasteiger partial charge in [-0.05, 0) is 37.3 Å². The van der Waals surface area contributed by atoms with Crippen LogP contribution in [0.2, 0.25) is 0 Å². The summed E-state index contributed by atoms with van der Waals surface area (Å²) in [5.41, 5.74) is 2.05. The van der Waals surface area contributed by atoms with Crippen LogP contribution >= 0.6 is 11.8 Å². The molecule has 1 aliphatic heterocycles. The minimum Gasteiger partial charge on any atom is -0.482 e. The topological polar surface area (TPSA) is 72.7 Å². The molecule has 0 unspecified atom stereocenters. The predicted octanol–water partition coefficient (Wildman–Crippen LogP) is 3.03. The second-order valence-electron chi connectivity index (χ2n) is 5.71. The Morgan fingerprint density at radius 1 is 1.36 bits per heavy atom. The molecule has 126 valence electrons. The molecule has 25 heavy (non-hydrogen) atoms. The fourth-order valence-corrected chi connectivity index (χ4v) is 3.64. The van der Waals surface area contributed by atoms with E-state index in [4.69, 9.17) is 4.74 Å². The maximum Gasteiger partial charge on any atom is 0.262 e. The molecule has 3 aromatic rings. The molecule has 0 saturated carbocycles. The second-order valence-corrected chi connectivity index (χ2v) is 7.02. The van der Waals surface area contributed by atoms with Gasteiger partial charge in [-0.3, -0.25) is 14.0 Å². The van der Waals surface area contributed by atoms with Gasteiger partial charge in [0, 0.05) is 11.8 Å². The minimum absolute atomic E-state index is 0.000492. The summed E-state index contributed by atoms with van der Waals surface area (Å²) in [6, 6.07) is 10.9. The molecule has 3 heterocycles. The van der Waals surface area contributed by atoms with Gasteiger partial charge in [0.2, 0.25) is 0 Å². The highest BCUT2D eigenvalue weighted by Crippen LogP contribution is 2.31. The average molecular weight is 353 g/mol. The Hall–Kier alpha value is -2.80. The number of rotatable bonds is 4. The van der Waals surface area contributed by atoms with Crippen molar-refractivity contribution in [1.29, 1.82) is 0 Å². The van der Waals surface area contributed by atoms with Crippen molar-refractivity contribution in [2.45, 2.75) is 17.3 Å². The van der Waals surface area contributed by atoms with E-state index >= 15 is 0 Å². The van der Waals surface area contributed by atoms with Gasteiger partial charge >= 0.3 is 0 Å². The molecule has 0 bridgehead atoms. The lowest BCUT2D eigenvalue weighted by Crippen LogP contribution is -2.25. The molecule has 0 fully saturated rings. The summed E-state index contributed by atoms with van der Waals surface area (Å²) in [7, 11) is 0. The number of pyridine rings is 1. The Balaban J connectivity index is 1.56. The van der Waals surface area contributed by atoms with Gasteiger partial charge in [0.15, 0.2) is 17.5 Å². The van der Waals surface area contributed by atoms with Crippen LogP contribution in [-0.4, -0.2) is 32.9 Å². The van der Waals surface area contributed by atoms with E-state index in [1.165, 1.54) is 11.8 Å². The number of ketones is 1. The molecule has 2 aromatic heterocycles. The lowest BCUT2D eigenvalue weighted by molar-refractivity contribution is -0.118. The highest BCUT2D eigenvalue weighted by atomic mass is 32.2. The molecule has 6 nitrogen and oxygen atoms in total. The van der Waals surface area contributed by atoms with Crippen LogP contribution in [0.3, 0.4) is 0 Å². The van der Waals surface area contributed by atoms with Crippen molar-refractivity contribution in [2.75, 3.05) is 11.9 Å². The highest BCUT2D eigenvalue weighted by molar-refractivity contribution is 8.00. The molecular formula is C18H15N3O3S. The molecule has 0 saturated heterocycles. The van der Waals surface area contributed by atoms with Crippen molar-refractivity contribution < 1.29 is 14.3 Å². The van der Waals surface area contributed by atoms with Crippen molar-refractivity contribution >= 4 is 34.7 Å². The van der Waals surface area contributed by atoms with Crippen LogP contribution in [0.5, 0.6) is 5.75 Å². The second kappa shape index (κ2) is 6.25. The number of carbonyl (C=O) groups is 2. The Morgan fingerprint density at radius 3 is 3.12 bits per heavy atom. The van der Waals surface area contributed by atoms with E-state index < -0.39 is 0 Å². The first-order valence-electron chi connectivity index (χ1n) is 7.81. The van der Waals surface area contributed by atoms with E-state index in [0.717, 1.165) is 10.7 Å². The lowest BCUT2D eigenvalue weighted by Gasteiger charge is -2.19. The fraction of sp³-hybridized carbons (Fsp3) is 0.167. The molecule has 1 aliphatic rings. The largest absolute Gasteiger partial charge is 0.482 e. The van der Waals surface area contributed by atoms with Crippen molar-refractivity contribution in [3.05, 3.63) is 54.4 Å². The molecule has 0 radical (unpaired) electrons. The van der Waals surface area contributed by atoms with Crippen LogP contribution in [0, 0.1) is 0 Å². The summed E-state index contributed by atoms with van der Waals surface area (Å²) in [6.45, 7) is 1.85. The van der Waals surface area contributed by atoms with Crippen LogP contribution in [-0.2, 0) is 4.79 Å². The van der Waals surface area contributed by atoms with E-state index in [-0.39, 0.29) is 23.5 Å². The zero-order chi connectivity index (χ0) is 17.4. The van der Waals surface area contributed by atoms with Gasteiger partial charge < -0.3 is 10.1 Å². The molecule has 4 rings (SSSR count). The number of nitrogens with zero attached hydrogens (tertiary/aromatic N) is 2. The third-order valence-corrected chi connectivity index (χ3v) is 5.03. The zero-order valence-corrected chi connectivity index (χ0v) is 14.2. The summed E-state index contributed by atoms with van der Waals surface area (Å²) in [4.78, 5) is 28.6. The Kier molecular flexibility index (Phi) is 3.93. The Bertz CT molecular complexity index is 983. The Morgan fingerprint density at radius 2 is 2.24 bits per heavy atom. The highest BCUT2D eigenvalue weighted by Gasteiger charge is 2.22. The normalized spacial score (nSPS) is 14.5. The van der Waals surface area contributed by atoms with E-state index in [9.17, 15) is 9.59 Å². The van der Waals surface area contributed by atoms with Crippen LogP contribution in [0.25, 0.3) is 5.52 Å². The number of benzene rings is 1. The SMILES string of the molecule is C[C@H](Sc1ncc2ccccn12)C(=O)c1ccc2c(c1)NC(=O)CO2. The number of nitrogens with one attached hydrogen (secondary N) is 1. The van der Waals surface area contributed by atoms with Crippen molar-refractivity contribution in [3.63, 3.8) is 0 Å². The molecule has 1 N–H and O–H groups in total. The predicted molar refractivity (Wildman–Crippen MR) is 95.4 cm³/mol. The minimum atomic E-state index is -0.316. The number of hydrogen-bond acceptors (Lipinski definition) is 5. The molecule has 1 amide bonds. The number of fused-ring (bicyclic) bond motifs is 2. The van der Waals surface area contributed by atoms with Gasteiger partial charge in [-0.15, -0.1) is 0 Å². The maximum atomic E-state index is 12.8. The number of Topliss-reactive ketones (excluding diaryl/α,β-unsaturated/α-hetero) is 1. The van der Waals surface area contributed by atoms with Crippen molar-refractivity contribution in [3.8, 4) is 5.75 Å². The summed E-state index contributed by atoms with van der Waals surface area (Å²) in [5, 5.41) is 3.18. The van der Waals surface area contributed by atoms with Crippen LogP contribution in [0.15, 0.2) is 53.9 Å². The molecule has 1 aromatic carbocycles. The van der Waals surface area contributed by atoms with Gasteiger partial charge in [-0.2, -0.15) is 0 Å². The quantitative estimate of drug-likeness (QED) is 0.576. The van der Waals surface area contributed by atoms with Crippen LogP contribution < -0.4 is 10.1 Å². The number of aromatic nitrogens is 2. The summed E-state index contributed by atoms with van der Waals surface area (Å²) < 4.78 is 7.28. The number of thioether (sulfide) groups is 1. The number of carbonyl (C=O) groups excluding carboxylic acids is 2. The third kappa shape index (κ3) is 2.98. The van der Waals surface area contributed by atoms with Crippen molar-refractivity contribution in [1.82, 2.24) is 9.38 Å². The van der Waals surface area contributed by atoms with Crippen LogP contribution in [0.1, 0.15) is 17.3 Å². The number of amides is 1. The lowest BCUT2D eigenvalue weighted by atomic mass is 10.1. The van der Waals surface area contributed by atoms with E-state index in [2.05, 4.69) is 10.3 Å². The standard InChI is InChI=1S/C18H15N3O3S/c1-11(25-18-19-9-13-4-2-3-7-21(13)18)17(23)12-5-6-15-14(8-12)20-16(22)10-24-15/h2-9,11H,10H2,1H3,(H,20,22)/t11-/m0/s1. The van der Waals surface area contributed by atoms with Crippen LogP contribution in [0.4, 0.5) is 5.69 Å². The first-order chi connectivity index (χ1) is 12.1. The molecule has 0 aliphatic carbocycles. The number of imidazole rings is 1. The molecule has 1 atom stereocenters. The number of anilines is 1. The van der Waals surface area contributed by atoms with Gasteiger partial charge in [0.1, 0.15) is 5.75 Å². The fourth-order valence-electron chi connectivity index (χ4n) is 2.69. The van der Waals surface area contributed by atoms with Gasteiger partial charge in [0.25, 0.3) is 5.91 Å². The van der Waals surface area contributed by atoms with E-state index in [1.807, 2.05) is 35.7 Å². The number of hydrogen-bond donors (Lipinski definition) is 1. The first-order valence-corrected chi connectivity index (χ1v) is 8.69. The molecule has 7 heteroatoms. The maximum absolute atomic E-state index is 12.8. The Labute approximate surface area is 148 Å². The summed E-state index contributed by atoms with van der Waals surface area (Å²) >= 11 is 1.40. The monoisotopic (exact) mass is 353 g/mol. The molecule has 0 spiro atoms. The first kappa shape index (κ1) is 15.7. The summed E-state index contributed by atoms with van der Waals surface area (Å²) in [5.74, 6) is 0.333. The zero-order valence-electron chi connectivity index (χ0n) is 13.4.